The van der Waals surface area contributed by atoms with Gasteiger partial charge in [0.2, 0.25) is 0 Å². The molecule has 0 N–H and O–H groups in total. The van der Waals surface area contributed by atoms with Crippen LogP contribution in [-0.2, 0) is 0 Å². The van der Waals surface area contributed by atoms with Crippen LogP contribution >= 0.6 is 0 Å². The number of anilines is 5. The van der Waals surface area contributed by atoms with Crippen molar-refractivity contribution in [1.82, 2.24) is 0 Å². The molecule has 0 aliphatic rings. The molecule has 210 valence electrons. The van der Waals surface area contributed by atoms with Crippen LogP contribution in [0.1, 0.15) is 16.7 Å². The summed E-state index contributed by atoms with van der Waals surface area (Å²) < 4.78 is 6.31. The monoisotopic (exact) mass is 558 g/mol. The highest BCUT2D eigenvalue weighted by molar-refractivity contribution is 6.08. The molecule has 7 aromatic rings. The lowest BCUT2D eigenvalue weighted by Gasteiger charge is -2.26. The molecule has 7 rings (SSSR count). The molecule has 0 saturated heterocycles. The third-order valence-electron chi connectivity index (χ3n) is 8.24. The summed E-state index contributed by atoms with van der Waals surface area (Å²) in [5, 5.41) is 2.20. The van der Waals surface area contributed by atoms with Crippen molar-refractivity contribution in [1.29, 1.82) is 0 Å². The molecule has 43 heavy (non-hydrogen) atoms. The third-order valence-corrected chi connectivity index (χ3v) is 8.24. The Hall–Kier alpha value is -5.28. The summed E-state index contributed by atoms with van der Waals surface area (Å²) in [6.07, 6.45) is 0. The minimum atomic E-state index is 0.882. The van der Waals surface area contributed by atoms with Crippen LogP contribution in [0.5, 0.6) is 0 Å². The summed E-state index contributed by atoms with van der Waals surface area (Å²) in [4.78, 5) is 4.55. The van der Waals surface area contributed by atoms with E-state index in [1.807, 2.05) is 0 Å². The van der Waals surface area contributed by atoms with Gasteiger partial charge in [-0.1, -0.05) is 66.2 Å². The van der Waals surface area contributed by atoms with Crippen LogP contribution in [0.4, 0.5) is 28.4 Å². The van der Waals surface area contributed by atoms with E-state index in [4.69, 9.17) is 4.42 Å². The number of benzene rings is 6. The van der Waals surface area contributed by atoms with Crippen LogP contribution in [0.15, 0.2) is 138 Å². The molecule has 0 fully saturated rings. The largest absolute Gasteiger partial charge is 0.456 e. The summed E-state index contributed by atoms with van der Waals surface area (Å²) in [7, 11) is 2.11. The van der Waals surface area contributed by atoms with Crippen molar-refractivity contribution in [2.24, 2.45) is 0 Å². The summed E-state index contributed by atoms with van der Waals surface area (Å²) in [6, 6.07) is 47.8. The fourth-order valence-electron chi connectivity index (χ4n) is 5.85. The SMILES string of the molecule is Cc1ccc(-c2ccc(N(c3cccc(C)c3)c3ccc4oc5ccc(N(C)c6cccc(C)c6)cc5c4c3)cc2)cc1. The Bertz CT molecular complexity index is 2070. The average molecular weight is 559 g/mol. The lowest BCUT2D eigenvalue weighted by Crippen LogP contribution is -2.10. The zero-order valence-corrected chi connectivity index (χ0v) is 25.0. The minimum Gasteiger partial charge on any atom is -0.456 e. The van der Waals surface area contributed by atoms with E-state index in [9.17, 15) is 0 Å². The van der Waals surface area contributed by atoms with E-state index in [-0.39, 0.29) is 0 Å². The van der Waals surface area contributed by atoms with Crippen molar-refractivity contribution in [3.8, 4) is 11.1 Å². The van der Waals surface area contributed by atoms with Crippen LogP contribution in [0.2, 0.25) is 0 Å². The zero-order valence-electron chi connectivity index (χ0n) is 25.0. The smallest absolute Gasteiger partial charge is 0.135 e. The van der Waals surface area contributed by atoms with Gasteiger partial charge in [-0.25, -0.2) is 0 Å². The Kier molecular flexibility index (Phi) is 6.71. The Morgan fingerprint density at radius 1 is 0.419 bits per heavy atom. The van der Waals surface area contributed by atoms with Gasteiger partial charge in [-0.3, -0.25) is 0 Å². The number of rotatable bonds is 6. The third kappa shape index (κ3) is 5.15. The van der Waals surface area contributed by atoms with Crippen molar-refractivity contribution in [2.45, 2.75) is 20.8 Å². The van der Waals surface area contributed by atoms with Crippen LogP contribution in [-0.4, -0.2) is 7.05 Å². The first-order chi connectivity index (χ1) is 20.9. The molecule has 0 bridgehead atoms. The molecule has 0 spiro atoms. The maximum atomic E-state index is 6.31. The Labute approximate surface area is 253 Å². The highest BCUT2D eigenvalue weighted by Gasteiger charge is 2.17. The van der Waals surface area contributed by atoms with Gasteiger partial charge in [0.15, 0.2) is 0 Å². The molecule has 0 radical (unpaired) electrons. The average Bonchev–Trinajstić information content (AvgIpc) is 3.39. The number of hydrogen-bond donors (Lipinski definition) is 0. The Morgan fingerprint density at radius 2 is 0.884 bits per heavy atom. The molecule has 0 unspecified atom stereocenters. The molecular weight excluding hydrogens is 524 g/mol. The van der Waals surface area contributed by atoms with E-state index in [1.54, 1.807) is 0 Å². The molecule has 0 amide bonds. The predicted octanol–water partition coefficient (Wildman–Crippen LogP) is 11.4. The van der Waals surface area contributed by atoms with Gasteiger partial charge in [0.25, 0.3) is 0 Å². The van der Waals surface area contributed by atoms with Crippen molar-refractivity contribution < 1.29 is 4.42 Å². The zero-order chi connectivity index (χ0) is 29.5. The lowest BCUT2D eigenvalue weighted by molar-refractivity contribution is 0.669. The molecule has 0 saturated carbocycles. The number of hydrogen-bond acceptors (Lipinski definition) is 3. The molecule has 1 heterocycles. The van der Waals surface area contributed by atoms with Gasteiger partial charge >= 0.3 is 0 Å². The van der Waals surface area contributed by atoms with Crippen LogP contribution < -0.4 is 9.80 Å². The van der Waals surface area contributed by atoms with Gasteiger partial charge in [0.1, 0.15) is 11.2 Å². The second kappa shape index (κ2) is 10.8. The van der Waals surface area contributed by atoms with Crippen LogP contribution in [0.25, 0.3) is 33.1 Å². The second-order valence-corrected chi connectivity index (χ2v) is 11.4. The number of furan rings is 1. The van der Waals surface area contributed by atoms with E-state index >= 15 is 0 Å². The van der Waals surface area contributed by atoms with Crippen LogP contribution in [0, 0.1) is 20.8 Å². The number of aryl methyl sites for hydroxylation is 3. The highest BCUT2D eigenvalue weighted by atomic mass is 16.3. The van der Waals surface area contributed by atoms with Gasteiger partial charge in [0.05, 0.1) is 0 Å². The van der Waals surface area contributed by atoms with Crippen molar-refractivity contribution in [3.63, 3.8) is 0 Å². The number of fused-ring (bicyclic) bond motifs is 3. The maximum Gasteiger partial charge on any atom is 0.135 e. The van der Waals surface area contributed by atoms with Crippen LogP contribution in [0.3, 0.4) is 0 Å². The fourth-order valence-corrected chi connectivity index (χ4v) is 5.85. The number of nitrogens with zero attached hydrogens (tertiary/aromatic N) is 2. The summed E-state index contributed by atoms with van der Waals surface area (Å²) >= 11 is 0. The quantitative estimate of drug-likeness (QED) is 0.202. The van der Waals surface area contributed by atoms with E-state index in [2.05, 4.69) is 171 Å². The molecule has 0 aliphatic heterocycles. The molecule has 0 aliphatic carbocycles. The molecule has 3 nitrogen and oxygen atoms in total. The van der Waals surface area contributed by atoms with Gasteiger partial charge in [-0.15, -0.1) is 0 Å². The van der Waals surface area contributed by atoms with E-state index in [1.165, 1.54) is 27.8 Å². The van der Waals surface area contributed by atoms with Gasteiger partial charge < -0.3 is 14.2 Å². The normalized spacial score (nSPS) is 11.3. The van der Waals surface area contributed by atoms with Crippen molar-refractivity contribution >= 4 is 50.4 Å². The Balaban J connectivity index is 1.33. The van der Waals surface area contributed by atoms with Gasteiger partial charge in [-0.05, 0) is 116 Å². The topological polar surface area (TPSA) is 19.6 Å². The van der Waals surface area contributed by atoms with E-state index in [0.717, 1.165) is 50.4 Å². The minimum absolute atomic E-state index is 0.882. The molecular formula is C40H34N2O. The van der Waals surface area contributed by atoms with Crippen molar-refractivity contribution in [3.05, 3.63) is 150 Å². The first-order valence-electron chi connectivity index (χ1n) is 14.7. The summed E-state index contributed by atoms with van der Waals surface area (Å²) in [5.74, 6) is 0. The summed E-state index contributed by atoms with van der Waals surface area (Å²) in [6.45, 7) is 6.39. The van der Waals surface area contributed by atoms with Gasteiger partial charge in [-0.2, -0.15) is 0 Å². The highest BCUT2D eigenvalue weighted by Crippen LogP contribution is 2.40. The maximum absolute atomic E-state index is 6.31. The van der Waals surface area contributed by atoms with E-state index < -0.39 is 0 Å². The molecule has 6 aromatic carbocycles. The Morgan fingerprint density at radius 3 is 1.51 bits per heavy atom. The van der Waals surface area contributed by atoms with Crippen molar-refractivity contribution in [2.75, 3.05) is 16.8 Å². The molecule has 1 aromatic heterocycles. The standard InChI is InChI=1S/C40H34N2O/c1-27-11-13-30(14-12-27)31-15-17-32(18-16-31)42(35-10-6-8-29(3)24-35)36-20-22-40-38(26-36)37-25-34(19-21-39(37)43-40)41(4)33-9-5-7-28(2)23-33/h5-26H,1-4H3. The first kappa shape index (κ1) is 26.6. The predicted molar refractivity (Wildman–Crippen MR) is 183 cm³/mol. The molecule has 0 atom stereocenters. The summed E-state index contributed by atoms with van der Waals surface area (Å²) in [5.41, 5.74) is 13.5. The van der Waals surface area contributed by atoms with E-state index in [0.29, 0.717) is 0 Å². The van der Waals surface area contributed by atoms with Gasteiger partial charge in [0, 0.05) is 46.3 Å². The fraction of sp³-hybridized carbons (Fsp3) is 0.100. The lowest BCUT2D eigenvalue weighted by atomic mass is 10.0. The second-order valence-electron chi connectivity index (χ2n) is 11.4. The first-order valence-corrected chi connectivity index (χ1v) is 14.7. The molecule has 3 heteroatoms.